The number of aryl methyl sites for hydroxylation is 1. The Bertz CT molecular complexity index is 355. The molecule has 1 saturated heterocycles. The summed E-state index contributed by atoms with van der Waals surface area (Å²) in [5, 5.41) is 4.25. The molecule has 98 valence electrons. The minimum absolute atomic E-state index is 0. The molecule has 0 amide bonds. The van der Waals surface area contributed by atoms with Crippen LogP contribution in [0.15, 0.2) is 6.20 Å². The summed E-state index contributed by atoms with van der Waals surface area (Å²) in [5.74, 6) is 0. The van der Waals surface area contributed by atoms with Crippen molar-refractivity contribution in [2.24, 2.45) is 12.8 Å². The second-order valence-electron chi connectivity index (χ2n) is 4.34. The first kappa shape index (κ1) is 14.4. The summed E-state index contributed by atoms with van der Waals surface area (Å²) >= 11 is 0. The van der Waals surface area contributed by atoms with Gasteiger partial charge in [0, 0.05) is 44.5 Å². The number of morpholine rings is 1. The zero-order valence-electron chi connectivity index (χ0n) is 10.4. The van der Waals surface area contributed by atoms with E-state index in [9.17, 15) is 0 Å². The second kappa shape index (κ2) is 6.35. The molecule has 0 spiro atoms. The lowest BCUT2D eigenvalue weighted by atomic mass is 10.2. The molecule has 5 nitrogen and oxygen atoms in total. The van der Waals surface area contributed by atoms with Crippen LogP contribution in [0.4, 0.5) is 0 Å². The summed E-state index contributed by atoms with van der Waals surface area (Å²) in [7, 11) is 1.97. The predicted octanol–water partition coefficient (Wildman–Crippen LogP) is 0.310. The third-order valence-electron chi connectivity index (χ3n) is 3.22. The highest BCUT2D eigenvalue weighted by molar-refractivity contribution is 5.85. The summed E-state index contributed by atoms with van der Waals surface area (Å²) in [5.41, 5.74) is 8.15. The van der Waals surface area contributed by atoms with E-state index in [4.69, 9.17) is 10.5 Å². The topological polar surface area (TPSA) is 56.3 Å². The van der Waals surface area contributed by atoms with E-state index >= 15 is 0 Å². The van der Waals surface area contributed by atoms with Gasteiger partial charge in [0.25, 0.3) is 0 Å². The van der Waals surface area contributed by atoms with E-state index in [1.54, 1.807) is 0 Å². The number of rotatable bonds is 3. The summed E-state index contributed by atoms with van der Waals surface area (Å²) < 4.78 is 7.46. The number of halogens is 1. The fourth-order valence-corrected chi connectivity index (χ4v) is 2.01. The largest absolute Gasteiger partial charge is 0.374 e. The van der Waals surface area contributed by atoms with Crippen molar-refractivity contribution in [3.63, 3.8) is 0 Å². The van der Waals surface area contributed by atoms with Crippen LogP contribution in [-0.2, 0) is 18.3 Å². The lowest BCUT2D eigenvalue weighted by Crippen LogP contribution is -2.45. The van der Waals surface area contributed by atoms with Gasteiger partial charge in [-0.05, 0) is 6.92 Å². The molecular formula is C11H21ClN4O. The lowest BCUT2D eigenvalue weighted by molar-refractivity contribution is -0.0261. The highest BCUT2D eigenvalue weighted by atomic mass is 35.5. The summed E-state index contributed by atoms with van der Waals surface area (Å²) in [6.07, 6.45) is 2.13. The van der Waals surface area contributed by atoms with Crippen LogP contribution in [0.25, 0.3) is 0 Å². The highest BCUT2D eigenvalue weighted by Gasteiger charge is 2.20. The van der Waals surface area contributed by atoms with Gasteiger partial charge >= 0.3 is 0 Å². The number of nitrogens with two attached hydrogens (primary N) is 1. The molecule has 6 heteroatoms. The Morgan fingerprint density at radius 3 is 2.94 bits per heavy atom. The van der Waals surface area contributed by atoms with Crippen LogP contribution in [0.5, 0.6) is 0 Å². The molecule has 2 heterocycles. The Morgan fingerprint density at radius 1 is 1.59 bits per heavy atom. The first-order valence-electron chi connectivity index (χ1n) is 5.72. The molecule has 0 aliphatic carbocycles. The Hall–Kier alpha value is -0.620. The van der Waals surface area contributed by atoms with Crippen molar-refractivity contribution in [2.75, 3.05) is 26.2 Å². The first-order valence-corrected chi connectivity index (χ1v) is 5.72. The number of aromatic nitrogens is 2. The van der Waals surface area contributed by atoms with Crippen LogP contribution in [0.1, 0.15) is 11.3 Å². The molecule has 1 aliphatic rings. The summed E-state index contributed by atoms with van der Waals surface area (Å²) in [6.45, 7) is 6.32. The molecule has 2 N–H and O–H groups in total. The van der Waals surface area contributed by atoms with Gasteiger partial charge in [0.05, 0.1) is 18.9 Å². The quantitative estimate of drug-likeness (QED) is 0.850. The molecule has 17 heavy (non-hydrogen) atoms. The van der Waals surface area contributed by atoms with Crippen molar-refractivity contribution in [1.29, 1.82) is 0 Å². The van der Waals surface area contributed by atoms with Gasteiger partial charge in [0.2, 0.25) is 0 Å². The van der Waals surface area contributed by atoms with E-state index in [1.807, 2.05) is 17.9 Å². The lowest BCUT2D eigenvalue weighted by Gasteiger charge is -2.32. The van der Waals surface area contributed by atoms with Gasteiger partial charge in [0.1, 0.15) is 0 Å². The maximum atomic E-state index is 5.62. The summed E-state index contributed by atoms with van der Waals surface area (Å²) in [6, 6.07) is 0. The van der Waals surface area contributed by atoms with E-state index in [-0.39, 0.29) is 18.5 Å². The third kappa shape index (κ3) is 3.42. The molecule has 1 unspecified atom stereocenters. The number of ether oxygens (including phenoxy) is 1. The third-order valence-corrected chi connectivity index (χ3v) is 3.22. The van der Waals surface area contributed by atoms with E-state index in [0.717, 1.165) is 26.2 Å². The number of hydrogen-bond donors (Lipinski definition) is 1. The molecule has 1 aromatic heterocycles. The van der Waals surface area contributed by atoms with Gasteiger partial charge in [-0.15, -0.1) is 12.4 Å². The fraction of sp³-hybridized carbons (Fsp3) is 0.727. The summed E-state index contributed by atoms with van der Waals surface area (Å²) in [4.78, 5) is 2.38. The van der Waals surface area contributed by atoms with Crippen molar-refractivity contribution < 1.29 is 4.74 Å². The first-order chi connectivity index (χ1) is 7.70. The van der Waals surface area contributed by atoms with Gasteiger partial charge in [-0.1, -0.05) is 0 Å². The smallest absolute Gasteiger partial charge is 0.0824 e. The Balaban J connectivity index is 0.00000144. The molecule has 1 fully saturated rings. The maximum Gasteiger partial charge on any atom is 0.0824 e. The second-order valence-corrected chi connectivity index (χ2v) is 4.34. The zero-order chi connectivity index (χ0) is 11.5. The van der Waals surface area contributed by atoms with Crippen molar-refractivity contribution in [3.8, 4) is 0 Å². The van der Waals surface area contributed by atoms with Crippen molar-refractivity contribution >= 4 is 12.4 Å². The SMILES string of the molecule is Cc1c(CN2CCOC(CN)C2)cnn1C.Cl. The molecule has 1 atom stereocenters. The minimum Gasteiger partial charge on any atom is -0.374 e. The van der Waals surface area contributed by atoms with Crippen LogP contribution in [0, 0.1) is 6.92 Å². The maximum absolute atomic E-state index is 5.62. The Labute approximate surface area is 108 Å². The molecule has 1 aliphatic heterocycles. The van der Waals surface area contributed by atoms with Crippen molar-refractivity contribution in [3.05, 3.63) is 17.5 Å². The van der Waals surface area contributed by atoms with Crippen LogP contribution < -0.4 is 5.73 Å². The van der Waals surface area contributed by atoms with E-state index in [0.29, 0.717) is 6.54 Å². The van der Waals surface area contributed by atoms with Crippen LogP contribution in [-0.4, -0.2) is 47.0 Å². The normalized spacial score (nSPS) is 21.2. The van der Waals surface area contributed by atoms with Crippen molar-refractivity contribution in [2.45, 2.75) is 19.6 Å². The molecule has 0 radical (unpaired) electrons. The molecule has 0 bridgehead atoms. The highest BCUT2D eigenvalue weighted by Crippen LogP contribution is 2.12. The molecular weight excluding hydrogens is 240 g/mol. The van der Waals surface area contributed by atoms with Crippen LogP contribution in [0.3, 0.4) is 0 Å². The van der Waals surface area contributed by atoms with E-state index < -0.39 is 0 Å². The molecule has 0 aromatic carbocycles. The molecule has 0 saturated carbocycles. The van der Waals surface area contributed by atoms with Crippen molar-refractivity contribution in [1.82, 2.24) is 14.7 Å². The number of hydrogen-bond acceptors (Lipinski definition) is 4. The Morgan fingerprint density at radius 2 is 2.35 bits per heavy atom. The van der Waals surface area contributed by atoms with E-state index in [1.165, 1.54) is 11.3 Å². The molecule has 1 aromatic rings. The monoisotopic (exact) mass is 260 g/mol. The average molecular weight is 261 g/mol. The van der Waals surface area contributed by atoms with Gasteiger partial charge < -0.3 is 10.5 Å². The average Bonchev–Trinajstić information content (AvgIpc) is 2.61. The van der Waals surface area contributed by atoms with Gasteiger partial charge in [-0.25, -0.2) is 0 Å². The zero-order valence-corrected chi connectivity index (χ0v) is 11.2. The van der Waals surface area contributed by atoms with Gasteiger partial charge in [-0.3, -0.25) is 9.58 Å². The van der Waals surface area contributed by atoms with E-state index in [2.05, 4.69) is 16.9 Å². The minimum atomic E-state index is 0. The van der Waals surface area contributed by atoms with Gasteiger partial charge in [-0.2, -0.15) is 5.10 Å². The van der Waals surface area contributed by atoms with Gasteiger partial charge in [0.15, 0.2) is 0 Å². The van der Waals surface area contributed by atoms with Crippen LogP contribution >= 0.6 is 12.4 Å². The Kier molecular flexibility index (Phi) is 5.39. The number of nitrogens with zero attached hydrogens (tertiary/aromatic N) is 3. The fourth-order valence-electron chi connectivity index (χ4n) is 2.01. The van der Waals surface area contributed by atoms with Crippen LogP contribution in [0.2, 0.25) is 0 Å². The predicted molar refractivity (Wildman–Crippen MR) is 69.3 cm³/mol. The molecule has 2 rings (SSSR count). The standard InChI is InChI=1S/C11H20N4O.ClH/c1-9-10(6-13-14(9)2)7-15-3-4-16-11(5-12)8-15;/h6,11H,3-5,7-8,12H2,1-2H3;1H.